The van der Waals surface area contributed by atoms with Crippen molar-refractivity contribution < 1.29 is 19.1 Å². The Hall–Kier alpha value is -1.99. The molecule has 1 aromatic rings. The number of rotatable bonds is 7. The van der Waals surface area contributed by atoms with Gasteiger partial charge in [0.2, 0.25) is 11.8 Å². The van der Waals surface area contributed by atoms with Gasteiger partial charge in [-0.2, -0.15) is 0 Å². The zero-order valence-electron chi connectivity index (χ0n) is 16.6. The maximum absolute atomic E-state index is 12.8. The van der Waals surface area contributed by atoms with E-state index in [1.54, 1.807) is 19.1 Å². The van der Waals surface area contributed by atoms with E-state index in [1.165, 1.54) is 0 Å². The first kappa shape index (κ1) is 22.3. The number of hydrogen-bond acceptors (Lipinski definition) is 5. The van der Waals surface area contributed by atoms with Crippen LogP contribution in [0.4, 0.5) is 0 Å². The van der Waals surface area contributed by atoms with Gasteiger partial charge in [-0.25, -0.2) is 0 Å². The molecule has 2 aliphatic rings. The van der Waals surface area contributed by atoms with Crippen LogP contribution in [-0.2, 0) is 16.0 Å². The van der Waals surface area contributed by atoms with Crippen LogP contribution in [0.25, 0.3) is 0 Å². The average molecular weight is 412 g/mol. The number of halogens is 1. The Balaban J connectivity index is 0.00000280. The molecule has 2 aliphatic heterocycles. The highest BCUT2D eigenvalue weighted by atomic mass is 35.5. The Kier molecular flexibility index (Phi) is 7.95. The number of benzene rings is 1. The highest BCUT2D eigenvalue weighted by molar-refractivity contribution is 5.89. The van der Waals surface area contributed by atoms with Gasteiger partial charge in [-0.15, -0.1) is 12.4 Å². The third-order valence-corrected chi connectivity index (χ3v) is 5.61. The number of nitrogens with zero attached hydrogens (tertiary/aromatic N) is 2. The normalized spacial score (nSPS) is 21.6. The molecule has 0 saturated carbocycles. The minimum absolute atomic E-state index is 0. The summed E-state index contributed by atoms with van der Waals surface area (Å²) in [7, 11) is 3.21. The zero-order chi connectivity index (χ0) is 19.4. The minimum Gasteiger partial charge on any atom is -0.493 e. The predicted molar refractivity (Wildman–Crippen MR) is 109 cm³/mol. The molecule has 0 aromatic heterocycles. The standard InChI is InChI=1S/C20H29N3O4.ClH/c1-26-17-6-5-14(10-18(17)27-2)7-9-22-13-15(11-19(22)24)20(25)23-8-3-4-16(23)12-21;/h5-6,10,15-16H,3-4,7-9,11-13,21H2,1-2H3;1H. The molecule has 0 bridgehead atoms. The molecule has 0 spiro atoms. The van der Waals surface area contributed by atoms with Crippen molar-refractivity contribution in [3.8, 4) is 11.5 Å². The molecule has 2 heterocycles. The van der Waals surface area contributed by atoms with Gasteiger partial charge in [0.1, 0.15) is 0 Å². The van der Waals surface area contributed by atoms with E-state index in [-0.39, 0.29) is 36.2 Å². The number of nitrogens with two attached hydrogens (primary N) is 1. The number of amides is 2. The highest BCUT2D eigenvalue weighted by Gasteiger charge is 2.39. The Morgan fingerprint density at radius 3 is 2.68 bits per heavy atom. The van der Waals surface area contributed by atoms with Crippen molar-refractivity contribution in [3.63, 3.8) is 0 Å². The summed E-state index contributed by atoms with van der Waals surface area (Å²) >= 11 is 0. The van der Waals surface area contributed by atoms with Gasteiger partial charge < -0.3 is 25.0 Å². The lowest BCUT2D eigenvalue weighted by atomic mass is 10.1. The van der Waals surface area contributed by atoms with Crippen molar-refractivity contribution >= 4 is 24.2 Å². The molecule has 2 amide bonds. The fourth-order valence-electron chi connectivity index (χ4n) is 4.06. The van der Waals surface area contributed by atoms with E-state index in [0.29, 0.717) is 44.0 Å². The summed E-state index contributed by atoms with van der Waals surface area (Å²) in [5.74, 6) is 1.26. The van der Waals surface area contributed by atoms with Crippen molar-refractivity contribution in [2.24, 2.45) is 11.7 Å². The van der Waals surface area contributed by atoms with Gasteiger partial charge in [0.25, 0.3) is 0 Å². The van der Waals surface area contributed by atoms with Gasteiger partial charge in [-0.1, -0.05) is 6.07 Å². The van der Waals surface area contributed by atoms with Gasteiger partial charge in [0, 0.05) is 38.6 Å². The quantitative estimate of drug-likeness (QED) is 0.734. The SMILES string of the molecule is COc1ccc(CCN2CC(C(=O)N3CCCC3CN)CC2=O)cc1OC.Cl. The molecule has 2 N–H and O–H groups in total. The van der Waals surface area contributed by atoms with Gasteiger partial charge in [0.05, 0.1) is 20.1 Å². The van der Waals surface area contributed by atoms with Crippen LogP contribution in [0, 0.1) is 5.92 Å². The third-order valence-electron chi connectivity index (χ3n) is 5.61. The lowest BCUT2D eigenvalue weighted by Gasteiger charge is -2.26. The molecule has 2 saturated heterocycles. The number of carbonyl (C=O) groups excluding carboxylic acids is 2. The Labute approximate surface area is 172 Å². The largest absolute Gasteiger partial charge is 0.493 e. The highest BCUT2D eigenvalue weighted by Crippen LogP contribution is 2.29. The predicted octanol–water partition coefficient (Wildman–Crippen LogP) is 1.47. The van der Waals surface area contributed by atoms with Crippen molar-refractivity contribution in [1.29, 1.82) is 0 Å². The van der Waals surface area contributed by atoms with E-state index in [1.807, 2.05) is 23.1 Å². The van der Waals surface area contributed by atoms with E-state index >= 15 is 0 Å². The van der Waals surface area contributed by atoms with Crippen molar-refractivity contribution in [3.05, 3.63) is 23.8 Å². The number of hydrogen-bond donors (Lipinski definition) is 1. The first-order valence-corrected chi connectivity index (χ1v) is 9.56. The molecule has 7 nitrogen and oxygen atoms in total. The molecule has 1 aromatic carbocycles. The van der Waals surface area contributed by atoms with Crippen LogP contribution < -0.4 is 15.2 Å². The minimum atomic E-state index is -0.241. The first-order valence-electron chi connectivity index (χ1n) is 9.56. The van der Waals surface area contributed by atoms with E-state index in [9.17, 15) is 9.59 Å². The van der Waals surface area contributed by atoms with Crippen LogP contribution in [0.5, 0.6) is 11.5 Å². The molecule has 0 radical (unpaired) electrons. The Bertz CT molecular complexity index is 700. The summed E-state index contributed by atoms with van der Waals surface area (Å²) in [6, 6.07) is 5.90. The van der Waals surface area contributed by atoms with Crippen molar-refractivity contribution in [2.45, 2.75) is 31.7 Å². The van der Waals surface area contributed by atoms with Crippen molar-refractivity contribution in [2.75, 3.05) is 40.4 Å². The number of methoxy groups -OCH3 is 2. The number of ether oxygens (including phenoxy) is 2. The Morgan fingerprint density at radius 2 is 2.00 bits per heavy atom. The zero-order valence-corrected chi connectivity index (χ0v) is 17.4. The summed E-state index contributed by atoms with van der Waals surface area (Å²) in [4.78, 5) is 28.9. The fourth-order valence-corrected chi connectivity index (χ4v) is 4.06. The van der Waals surface area contributed by atoms with E-state index < -0.39 is 0 Å². The monoisotopic (exact) mass is 411 g/mol. The molecule has 2 atom stereocenters. The molecule has 3 rings (SSSR count). The molecule has 2 unspecified atom stereocenters. The summed E-state index contributed by atoms with van der Waals surface area (Å²) in [5, 5.41) is 0. The van der Waals surface area contributed by atoms with Crippen LogP contribution in [0.1, 0.15) is 24.8 Å². The second-order valence-corrected chi connectivity index (χ2v) is 7.24. The molecular formula is C20H30ClN3O4. The molecule has 8 heteroatoms. The molecule has 2 fully saturated rings. The summed E-state index contributed by atoms with van der Waals surface area (Å²) in [6.45, 7) is 2.35. The lowest BCUT2D eigenvalue weighted by Crippen LogP contribution is -2.43. The lowest BCUT2D eigenvalue weighted by molar-refractivity contribution is -0.136. The molecule has 28 heavy (non-hydrogen) atoms. The van der Waals surface area contributed by atoms with Crippen LogP contribution in [0.15, 0.2) is 18.2 Å². The smallest absolute Gasteiger partial charge is 0.228 e. The summed E-state index contributed by atoms with van der Waals surface area (Å²) in [6.07, 6.45) is 2.98. The van der Waals surface area contributed by atoms with Crippen molar-refractivity contribution in [1.82, 2.24) is 9.80 Å². The van der Waals surface area contributed by atoms with E-state index in [0.717, 1.165) is 24.9 Å². The maximum atomic E-state index is 12.8. The number of carbonyl (C=O) groups is 2. The summed E-state index contributed by atoms with van der Waals surface area (Å²) < 4.78 is 10.6. The summed E-state index contributed by atoms with van der Waals surface area (Å²) in [5.41, 5.74) is 6.85. The molecule has 156 valence electrons. The van der Waals surface area contributed by atoms with Gasteiger partial charge >= 0.3 is 0 Å². The van der Waals surface area contributed by atoms with E-state index in [2.05, 4.69) is 0 Å². The second-order valence-electron chi connectivity index (χ2n) is 7.24. The molecular weight excluding hydrogens is 382 g/mol. The van der Waals surface area contributed by atoms with Gasteiger partial charge in [0.15, 0.2) is 11.5 Å². The third kappa shape index (κ3) is 4.70. The first-order chi connectivity index (χ1) is 13.1. The van der Waals surface area contributed by atoms with Gasteiger partial charge in [-0.05, 0) is 37.0 Å². The topological polar surface area (TPSA) is 85.1 Å². The van der Waals surface area contributed by atoms with E-state index in [4.69, 9.17) is 15.2 Å². The molecule has 0 aliphatic carbocycles. The van der Waals surface area contributed by atoms with Crippen LogP contribution in [0.3, 0.4) is 0 Å². The second kappa shape index (κ2) is 9.98. The van der Waals surface area contributed by atoms with Crippen LogP contribution in [0.2, 0.25) is 0 Å². The average Bonchev–Trinajstić information content (AvgIpc) is 3.31. The van der Waals surface area contributed by atoms with Crippen LogP contribution >= 0.6 is 12.4 Å². The Morgan fingerprint density at radius 1 is 1.25 bits per heavy atom. The fraction of sp³-hybridized carbons (Fsp3) is 0.600. The van der Waals surface area contributed by atoms with Crippen LogP contribution in [-0.4, -0.2) is 68.1 Å². The van der Waals surface area contributed by atoms with Gasteiger partial charge in [-0.3, -0.25) is 9.59 Å². The maximum Gasteiger partial charge on any atom is 0.228 e. The number of likely N-dealkylation sites (tertiary alicyclic amines) is 2.